The Morgan fingerprint density at radius 2 is 1.19 bits per heavy atom. The lowest BCUT2D eigenvalue weighted by Gasteiger charge is -2.39. The summed E-state index contributed by atoms with van der Waals surface area (Å²) in [4.78, 5) is 91.2. The first-order valence-corrected chi connectivity index (χ1v) is 27.3. The Labute approximate surface area is 467 Å². The fourth-order valence-corrected chi connectivity index (χ4v) is 7.83. The number of nitrogens with two attached hydrogens (primary N) is 1. The van der Waals surface area contributed by atoms with Gasteiger partial charge in [0.2, 0.25) is 11.8 Å². The number of hydrogen-bond donors (Lipinski definition) is 3. The highest BCUT2D eigenvalue weighted by atomic mass is 16.7. The number of aliphatic imine (C=N–C) groups is 1. The van der Waals surface area contributed by atoms with Crippen LogP contribution >= 0.6 is 0 Å². The summed E-state index contributed by atoms with van der Waals surface area (Å²) in [5.74, 6) is -1.47. The SMILES string of the molecule is CCCN(OCC)C(=O)C1=Cc2ncc(-c3cccc(C(=O)N4CC(CNC(=O)CCOCCOCCOCCOCCOCCOCCOCCOCCOCCOCCNC(=O)CN5C(=O)C=CC5=O)C4)c3)cc2N=C(N)C1. The second-order valence-corrected chi connectivity index (χ2v) is 18.2. The van der Waals surface area contributed by atoms with Gasteiger partial charge in [0.1, 0.15) is 12.4 Å². The third kappa shape index (κ3) is 24.7. The summed E-state index contributed by atoms with van der Waals surface area (Å²) in [7, 11) is 0. The number of hydroxylamine groups is 2. The van der Waals surface area contributed by atoms with Gasteiger partial charge in [-0.3, -0.25) is 43.5 Å². The van der Waals surface area contributed by atoms with Crippen LogP contribution in [0.15, 0.2) is 59.2 Å². The minimum absolute atomic E-state index is 0.0946. The minimum atomic E-state index is -0.500. The highest BCUT2D eigenvalue weighted by Crippen LogP contribution is 2.31. The van der Waals surface area contributed by atoms with Crippen molar-refractivity contribution in [2.24, 2.45) is 16.6 Å². The Balaban J connectivity index is 0.740. The van der Waals surface area contributed by atoms with E-state index in [1.807, 2.05) is 38.1 Å². The van der Waals surface area contributed by atoms with Gasteiger partial charge in [-0.2, -0.15) is 0 Å². The molecule has 4 N–H and O–H groups in total. The van der Waals surface area contributed by atoms with Gasteiger partial charge in [0, 0.05) is 86.5 Å². The molecule has 3 aliphatic rings. The number of amidine groups is 1. The lowest BCUT2D eigenvalue weighted by Crippen LogP contribution is -2.53. The summed E-state index contributed by atoms with van der Waals surface area (Å²) in [5.41, 5.74) is 9.82. The molecule has 1 aromatic carbocycles. The van der Waals surface area contributed by atoms with Crippen molar-refractivity contribution in [3.63, 3.8) is 0 Å². The molecule has 2 aromatic rings. The number of likely N-dealkylation sites (tertiary alicyclic amines) is 1. The fraction of sp³-hybridized carbons (Fsp3) is 0.600. The van der Waals surface area contributed by atoms with Gasteiger partial charge in [-0.1, -0.05) is 19.1 Å². The van der Waals surface area contributed by atoms with Crippen LogP contribution in [0.25, 0.3) is 17.2 Å². The molecule has 1 saturated heterocycles. The molecule has 1 fully saturated rings. The Morgan fingerprint density at radius 1 is 0.662 bits per heavy atom. The predicted molar refractivity (Wildman–Crippen MR) is 291 cm³/mol. The van der Waals surface area contributed by atoms with Crippen molar-refractivity contribution in [1.82, 2.24) is 30.5 Å². The molecule has 0 unspecified atom stereocenters. The molecule has 0 bridgehead atoms. The van der Waals surface area contributed by atoms with Gasteiger partial charge >= 0.3 is 0 Å². The van der Waals surface area contributed by atoms with Gasteiger partial charge in [0.25, 0.3) is 23.6 Å². The molecule has 0 spiro atoms. The molecule has 442 valence electrons. The van der Waals surface area contributed by atoms with Crippen LogP contribution < -0.4 is 16.4 Å². The monoisotopic (exact) mass is 1120 g/mol. The molecular formula is C55H80N8O17. The van der Waals surface area contributed by atoms with Crippen LogP contribution in [0.5, 0.6) is 0 Å². The number of ether oxygens (including phenoxy) is 10. The molecule has 0 saturated carbocycles. The molecule has 6 amide bonds. The molecule has 3 aliphatic heterocycles. The highest BCUT2D eigenvalue weighted by molar-refractivity contribution is 6.14. The number of aromatic nitrogens is 1. The molecule has 0 atom stereocenters. The Hall–Kier alpha value is -6.10. The number of nitrogens with one attached hydrogen (secondary N) is 2. The number of pyridine rings is 1. The van der Waals surface area contributed by atoms with E-state index in [1.54, 1.807) is 23.2 Å². The van der Waals surface area contributed by atoms with Gasteiger partial charge in [-0.05, 0) is 43.2 Å². The first-order valence-electron chi connectivity index (χ1n) is 27.3. The molecule has 1 aromatic heterocycles. The lowest BCUT2D eigenvalue weighted by molar-refractivity contribution is -0.180. The van der Waals surface area contributed by atoms with Crippen molar-refractivity contribution >= 4 is 53.0 Å². The zero-order valence-electron chi connectivity index (χ0n) is 46.2. The number of fused-ring (bicyclic) bond motifs is 1. The molecule has 4 heterocycles. The predicted octanol–water partition coefficient (Wildman–Crippen LogP) is 1.50. The third-order valence-corrected chi connectivity index (χ3v) is 11.9. The second kappa shape index (κ2) is 38.5. The Kier molecular flexibility index (Phi) is 31.2. The number of carbonyl (C=O) groups is 6. The molecule has 0 aliphatic carbocycles. The van der Waals surface area contributed by atoms with Crippen LogP contribution in [0.4, 0.5) is 5.69 Å². The number of imide groups is 1. The van der Waals surface area contributed by atoms with Crippen LogP contribution in [0, 0.1) is 5.92 Å². The van der Waals surface area contributed by atoms with E-state index in [9.17, 15) is 28.8 Å². The highest BCUT2D eigenvalue weighted by Gasteiger charge is 2.32. The van der Waals surface area contributed by atoms with Crippen molar-refractivity contribution in [2.45, 2.75) is 33.1 Å². The van der Waals surface area contributed by atoms with E-state index < -0.39 is 17.7 Å². The normalized spacial score (nSPS) is 14.2. The van der Waals surface area contributed by atoms with Crippen molar-refractivity contribution in [1.29, 1.82) is 0 Å². The molecular weight excluding hydrogens is 1040 g/mol. The van der Waals surface area contributed by atoms with Crippen molar-refractivity contribution in [3.05, 3.63) is 65.5 Å². The standard InChI is InChI=1S/C55H80N8O17/c1-3-12-63(80-4-2)55(69)45-34-47-48(60-49(56)36-45)35-46(38-58-47)43-6-5-7-44(33-43)54(68)61-39-42(40-61)37-59-50(64)10-13-70-15-17-72-19-21-74-23-25-76-27-29-78-31-32-79-30-28-77-26-24-75-22-20-73-18-16-71-14-11-57-51(65)41-62-52(66)8-9-53(62)67/h5-9,33-35,38,42H,3-4,10-32,36-37,39-41H2,1-2H3,(H2,56,60)(H,57,65)(H,59,64). The quantitative estimate of drug-likeness (QED) is 0.0481. The van der Waals surface area contributed by atoms with Crippen molar-refractivity contribution in [3.8, 4) is 11.1 Å². The van der Waals surface area contributed by atoms with E-state index in [0.717, 1.165) is 34.6 Å². The molecule has 25 heteroatoms. The summed E-state index contributed by atoms with van der Waals surface area (Å²) in [6, 6.07) is 9.19. The number of benzene rings is 1. The van der Waals surface area contributed by atoms with Crippen molar-refractivity contribution < 1.29 is 81.0 Å². The number of hydrogen-bond acceptors (Lipinski definition) is 20. The van der Waals surface area contributed by atoms with E-state index >= 15 is 0 Å². The van der Waals surface area contributed by atoms with E-state index in [0.29, 0.717) is 174 Å². The average Bonchev–Trinajstić information content (AvgIpc) is 3.67. The first kappa shape index (κ1) is 64.7. The second-order valence-electron chi connectivity index (χ2n) is 18.2. The van der Waals surface area contributed by atoms with Gasteiger partial charge in [0.15, 0.2) is 0 Å². The number of carbonyl (C=O) groups excluding carboxylic acids is 6. The molecule has 25 nitrogen and oxygen atoms in total. The van der Waals surface area contributed by atoms with Gasteiger partial charge < -0.3 is 68.6 Å². The topological polar surface area (TPSA) is 289 Å². The summed E-state index contributed by atoms with van der Waals surface area (Å²) in [6.07, 6.45) is 6.79. The number of amides is 6. The molecule has 5 rings (SSSR count). The van der Waals surface area contributed by atoms with E-state index in [-0.39, 0.29) is 68.6 Å². The number of nitrogens with zero attached hydrogens (tertiary/aromatic N) is 5. The van der Waals surface area contributed by atoms with Crippen LogP contribution in [0.2, 0.25) is 0 Å². The van der Waals surface area contributed by atoms with E-state index in [4.69, 9.17) is 57.9 Å². The fourth-order valence-electron chi connectivity index (χ4n) is 7.83. The van der Waals surface area contributed by atoms with Gasteiger partial charge in [0.05, 0.1) is 150 Å². The summed E-state index contributed by atoms with van der Waals surface area (Å²) >= 11 is 0. The Bertz CT molecular complexity index is 2310. The number of rotatable bonds is 44. The van der Waals surface area contributed by atoms with E-state index in [2.05, 4.69) is 20.6 Å². The zero-order chi connectivity index (χ0) is 57.0. The first-order chi connectivity index (χ1) is 39.1. The van der Waals surface area contributed by atoms with Gasteiger partial charge in [-0.15, -0.1) is 0 Å². The smallest absolute Gasteiger partial charge is 0.273 e. The van der Waals surface area contributed by atoms with E-state index in [1.165, 1.54) is 5.06 Å². The van der Waals surface area contributed by atoms with Crippen LogP contribution in [-0.2, 0) is 76.2 Å². The van der Waals surface area contributed by atoms with Gasteiger partial charge in [-0.25, -0.2) is 10.1 Å². The van der Waals surface area contributed by atoms with Crippen LogP contribution in [0.1, 0.15) is 49.2 Å². The molecule has 0 radical (unpaired) electrons. The summed E-state index contributed by atoms with van der Waals surface area (Å²) in [6.45, 7) is 14.1. The maximum absolute atomic E-state index is 13.4. The third-order valence-electron chi connectivity index (χ3n) is 11.9. The molecule has 80 heavy (non-hydrogen) atoms. The van der Waals surface area contributed by atoms with Crippen LogP contribution in [0.3, 0.4) is 0 Å². The summed E-state index contributed by atoms with van der Waals surface area (Å²) in [5, 5.41) is 6.89. The lowest BCUT2D eigenvalue weighted by atomic mass is 9.97. The maximum Gasteiger partial charge on any atom is 0.273 e. The zero-order valence-corrected chi connectivity index (χ0v) is 46.2. The Morgan fingerprint density at radius 3 is 1.71 bits per heavy atom. The largest absolute Gasteiger partial charge is 0.387 e. The van der Waals surface area contributed by atoms with Crippen molar-refractivity contribution in [2.75, 3.05) is 178 Å². The van der Waals surface area contributed by atoms with Crippen LogP contribution in [-0.4, -0.2) is 239 Å². The minimum Gasteiger partial charge on any atom is -0.387 e. The average molecular weight is 1130 g/mol. The maximum atomic E-state index is 13.4. The summed E-state index contributed by atoms with van der Waals surface area (Å²) < 4.78 is 54.9.